The summed E-state index contributed by atoms with van der Waals surface area (Å²) in [4.78, 5) is 25.5. The first-order valence-corrected chi connectivity index (χ1v) is 8.25. The molecule has 2 amide bonds. The second-order valence-corrected chi connectivity index (χ2v) is 6.06. The smallest absolute Gasteiger partial charge is 0.239 e. The van der Waals surface area contributed by atoms with Crippen molar-refractivity contribution in [2.75, 3.05) is 13.7 Å². The predicted octanol–water partition coefficient (Wildman–Crippen LogP) is 3.01. The topological polar surface area (TPSA) is 58.6 Å². The van der Waals surface area contributed by atoms with Gasteiger partial charge in [-0.25, -0.2) is 0 Å². The Kier molecular flexibility index (Phi) is 6.83. The first-order valence-electron chi connectivity index (χ1n) is 7.87. The van der Waals surface area contributed by atoms with Crippen LogP contribution in [0.15, 0.2) is 48.5 Å². The van der Waals surface area contributed by atoms with Gasteiger partial charge in [0.1, 0.15) is 5.75 Å². The fraction of sp³-hybridized carbons (Fsp3) is 0.263. The van der Waals surface area contributed by atoms with Crippen LogP contribution in [0, 0.1) is 0 Å². The molecule has 2 aromatic carbocycles. The fourth-order valence-electron chi connectivity index (χ4n) is 2.26. The Morgan fingerprint density at radius 3 is 2.20 bits per heavy atom. The molecule has 0 saturated heterocycles. The van der Waals surface area contributed by atoms with Gasteiger partial charge < -0.3 is 15.0 Å². The van der Waals surface area contributed by atoms with Gasteiger partial charge in [0.15, 0.2) is 0 Å². The first-order chi connectivity index (χ1) is 12.0. The Labute approximate surface area is 152 Å². The third kappa shape index (κ3) is 6.12. The number of hydrogen-bond acceptors (Lipinski definition) is 3. The quantitative estimate of drug-likeness (QED) is 0.825. The van der Waals surface area contributed by atoms with Crippen molar-refractivity contribution in [2.24, 2.45) is 0 Å². The van der Waals surface area contributed by atoms with E-state index < -0.39 is 0 Å². The molecule has 0 saturated carbocycles. The number of benzene rings is 2. The van der Waals surface area contributed by atoms with Gasteiger partial charge in [-0.3, -0.25) is 9.59 Å². The monoisotopic (exact) mass is 360 g/mol. The molecule has 2 rings (SSSR count). The van der Waals surface area contributed by atoms with E-state index in [-0.39, 0.29) is 18.4 Å². The van der Waals surface area contributed by atoms with Crippen molar-refractivity contribution in [1.29, 1.82) is 0 Å². The summed E-state index contributed by atoms with van der Waals surface area (Å²) in [5, 5.41) is 3.46. The van der Waals surface area contributed by atoms with Crippen LogP contribution in [0.25, 0.3) is 0 Å². The predicted molar refractivity (Wildman–Crippen MR) is 97.4 cm³/mol. The molecule has 0 unspecified atom stereocenters. The summed E-state index contributed by atoms with van der Waals surface area (Å²) in [7, 11) is 1.60. The number of methoxy groups -OCH3 is 1. The van der Waals surface area contributed by atoms with Crippen molar-refractivity contribution < 1.29 is 14.3 Å². The molecule has 132 valence electrons. The zero-order valence-electron chi connectivity index (χ0n) is 14.3. The molecule has 0 atom stereocenters. The number of halogens is 1. The molecule has 0 bridgehead atoms. The fourth-order valence-corrected chi connectivity index (χ4v) is 2.39. The van der Waals surface area contributed by atoms with Crippen LogP contribution in [0.3, 0.4) is 0 Å². The lowest BCUT2D eigenvalue weighted by Gasteiger charge is -2.21. The molecule has 0 spiro atoms. The van der Waals surface area contributed by atoms with E-state index in [1.165, 1.54) is 11.8 Å². The van der Waals surface area contributed by atoms with Crippen molar-refractivity contribution in [1.82, 2.24) is 10.2 Å². The van der Waals surface area contributed by atoms with E-state index in [1.807, 2.05) is 36.4 Å². The van der Waals surface area contributed by atoms with Crippen LogP contribution in [0.1, 0.15) is 18.1 Å². The van der Waals surface area contributed by atoms with Gasteiger partial charge >= 0.3 is 0 Å². The van der Waals surface area contributed by atoms with Crippen LogP contribution in [0.4, 0.5) is 0 Å². The van der Waals surface area contributed by atoms with E-state index in [1.54, 1.807) is 19.2 Å². The number of hydrogen-bond donors (Lipinski definition) is 1. The molecule has 1 N–H and O–H groups in total. The van der Waals surface area contributed by atoms with Crippen molar-refractivity contribution in [2.45, 2.75) is 20.0 Å². The maximum Gasteiger partial charge on any atom is 0.239 e. The summed E-state index contributed by atoms with van der Waals surface area (Å²) < 4.78 is 5.11. The van der Waals surface area contributed by atoms with Gasteiger partial charge in [0.2, 0.25) is 11.8 Å². The zero-order valence-corrected chi connectivity index (χ0v) is 15.0. The van der Waals surface area contributed by atoms with Crippen LogP contribution in [0.5, 0.6) is 5.75 Å². The number of carbonyl (C=O) groups excluding carboxylic acids is 2. The Bertz CT molecular complexity index is 714. The molecule has 0 aliphatic rings. The minimum Gasteiger partial charge on any atom is -0.497 e. The summed E-state index contributed by atoms with van der Waals surface area (Å²) in [5.74, 6) is 0.384. The average Bonchev–Trinajstić information content (AvgIpc) is 2.61. The number of rotatable bonds is 7. The summed E-state index contributed by atoms with van der Waals surface area (Å²) in [6.45, 7) is 2.23. The molecular weight excluding hydrogens is 340 g/mol. The number of amides is 2. The molecular formula is C19H21ClN2O3. The highest BCUT2D eigenvalue weighted by Gasteiger charge is 2.14. The highest BCUT2D eigenvalue weighted by molar-refractivity contribution is 6.30. The molecule has 0 aromatic heterocycles. The summed E-state index contributed by atoms with van der Waals surface area (Å²) >= 11 is 5.83. The summed E-state index contributed by atoms with van der Waals surface area (Å²) in [6, 6.07) is 14.7. The second-order valence-electron chi connectivity index (χ2n) is 5.63. The molecule has 25 heavy (non-hydrogen) atoms. The average molecular weight is 361 g/mol. The minimum absolute atomic E-state index is 0.00888. The third-order valence-corrected chi connectivity index (χ3v) is 3.97. The Morgan fingerprint density at radius 1 is 1.04 bits per heavy atom. The van der Waals surface area contributed by atoms with Crippen molar-refractivity contribution in [3.63, 3.8) is 0 Å². The highest BCUT2D eigenvalue weighted by Crippen LogP contribution is 2.13. The third-order valence-electron chi connectivity index (χ3n) is 3.72. The lowest BCUT2D eigenvalue weighted by atomic mass is 10.2. The molecule has 6 heteroatoms. The number of ether oxygens (including phenoxy) is 1. The van der Waals surface area contributed by atoms with Gasteiger partial charge in [-0.15, -0.1) is 0 Å². The lowest BCUT2D eigenvalue weighted by molar-refractivity contribution is -0.135. The van der Waals surface area contributed by atoms with Gasteiger partial charge in [-0.1, -0.05) is 35.9 Å². The van der Waals surface area contributed by atoms with E-state index >= 15 is 0 Å². The number of carbonyl (C=O) groups is 2. The van der Waals surface area contributed by atoms with Crippen LogP contribution < -0.4 is 10.1 Å². The maximum atomic E-state index is 12.1. The molecule has 5 nitrogen and oxygen atoms in total. The van der Waals surface area contributed by atoms with Crippen molar-refractivity contribution in [3.05, 3.63) is 64.7 Å². The van der Waals surface area contributed by atoms with E-state index in [9.17, 15) is 9.59 Å². The van der Waals surface area contributed by atoms with E-state index in [4.69, 9.17) is 16.3 Å². The molecule has 0 aliphatic heterocycles. The van der Waals surface area contributed by atoms with E-state index in [0.717, 1.165) is 16.9 Å². The van der Waals surface area contributed by atoms with Gasteiger partial charge in [0.25, 0.3) is 0 Å². The largest absolute Gasteiger partial charge is 0.497 e. The van der Waals surface area contributed by atoms with Crippen molar-refractivity contribution in [3.8, 4) is 5.75 Å². The van der Waals surface area contributed by atoms with E-state index in [0.29, 0.717) is 18.1 Å². The minimum atomic E-state index is -0.210. The Hall–Kier alpha value is -2.53. The van der Waals surface area contributed by atoms with Crippen LogP contribution in [-0.4, -0.2) is 30.4 Å². The van der Waals surface area contributed by atoms with Crippen LogP contribution in [0.2, 0.25) is 5.02 Å². The van der Waals surface area contributed by atoms with Gasteiger partial charge in [-0.2, -0.15) is 0 Å². The lowest BCUT2D eigenvalue weighted by Crippen LogP contribution is -2.39. The SMILES string of the molecule is COc1ccc(CN(CC(=O)NCc2ccc(Cl)cc2)C(C)=O)cc1. The summed E-state index contributed by atoms with van der Waals surface area (Å²) in [5.41, 5.74) is 1.88. The van der Waals surface area contributed by atoms with Gasteiger partial charge in [-0.05, 0) is 35.4 Å². The molecule has 0 fully saturated rings. The van der Waals surface area contributed by atoms with Crippen LogP contribution >= 0.6 is 11.6 Å². The van der Waals surface area contributed by atoms with Crippen molar-refractivity contribution >= 4 is 23.4 Å². The van der Waals surface area contributed by atoms with Gasteiger partial charge in [0.05, 0.1) is 13.7 Å². The summed E-state index contributed by atoms with van der Waals surface area (Å²) in [6.07, 6.45) is 0. The number of nitrogens with one attached hydrogen (secondary N) is 1. The van der Waals surface area contributed by atoms with E-state index in [2.05, 4.69) is 5.32 Å². The molecule has 0 radical (unpaired) electrons. The Balaban J connectivity index is 1.89. The zero-order chi connectivity index (χ0) is 18.2. The maximum absolute atomic E-state index is 12.1. The second kappa shape index (κ2) is 9.08. The van der Waals surface area contributed by atoms with Crippen LogP contribution in [-0.2, 0) is 22.7 Å². The molecule has 0 aliphatic carbocycles. The first kappa shape index (κ1) is 18.8. The Morgan fingerprint density at radius 2 is 1.64 bits per heavy atom. The molecule has 2 aromatic rings. The van der Waals surface area contributed by atoms with Gasteiger partial charge in [0, 0.05) is 25.0 Å². The normalized spacial score (nSPS) is 10.2. The standard InChI is InChI=1S/C19H21ClN2O3/c1-14(23)22(12-16-5-9-18(25-2)10-6-16)13-19(24)21-11-15-3-7-17(20)8-4-15/h3-10H,11-13H2,1-2H3,(H,21,24). The number of nitrogens with zero attached hydrogens (tertiary/aromatic N) is 1. The highest BCUT2D eigenvalue weighted by atomic mass is 35.5. The molecule has 0 heterocycles.